The van der Waals surface area contributed by atoms with Gasteiger partial charge in [0.2, 0.25) is 11.8 Å². The van der Waals surface area contributed by atoms with Gasteiger partial charge in [-0.15, -0.1) is 0 Å². The molecule has 130 valence electrons. The molecular weight excluding hydrogens is 308 g/mol. The second-order valence-corrected chi connectivity index (χ2v) is 6.90. The molecule has 1 aromatic heterocycles. The van der Waals surface area contributed by atoms with Crippen LogP contribution in [-0.2, 0) is 16.1 Å². The zero-order valence-electron chi connectivity index (χ0n) is 13.8. The molecule has 1 aromatic rings. The van der Waals surface area contributed by atoms with Gasteiger partial charge in [-0.05, 0) is 25.0 Å². The molecule has 4 rings (SSSR count). The molecule has 24 heavy (non-hydrogen) atoms. The normalized spacial score (nSPS) is 27.2. The maximum Gasteiger partial charge on any atom is 0.244 e. The number of likely N-dealkylation sites (tertiary alicyclic amines) is 1. The molecule has 4 heterocycles. The highest BCUT2D eigenvalue weighted by Gasteiger charge is 2.40. The van der Waals surface area contributed by atoms with Gasteiger partial charge in [0, 0.05) is 38.8 Å². The predicted molar refractivity (Wildman–Crippen MR) is 87.1 cm³/mol. The SMILES string of the molecule is O=C1NCC(=O)N2CCN(C3CCN(Cc4ccco4)CC3)CC12. The second kappa shape index (κ2) is 6.57. The van der Waals surface area contributed by atoms with Gasteiger partial charge < -0.3 is 14.6 Å². The summed E-state index contributed by atoms with van der Waals surface area (Å²) in [6.45, 7) is 5.32. The van der Waals surface area contributed by atoms with Crippen LogP contribution in [0.2, 0.25) is 0 Å². The Morgan fingerprint density at radius 1 is 1.17 bits per heavy atom. The van der Waals surface area contributed by atoms with Crippen LogP contribution >= 0.6 is 0 Å². The van der Waals surface area contributed by atoms with Crippen LogP contribution in [0.1, 0.15) is 18.6 Å². The molecule has 7 nitrogen and oxygen atoms in total. The molecule has 3 fully saturated rings. The van der Waals surface area contributed by atoms with E-state index >= 15 is 0 Å². The molecule has 1 N–H and O–H groups in total. The fourth-order valence-electron chi connectivity index (χ4n) is 4.11. The second-order valence-electron chi connectivity index (χ2n) is 6.90. The topological polar surface area (TPSA) is 69.0 Å². The molecule has 3 aliphatic rings. The number of carbonyl (C=O) groups is 2. The summed E-state index contributed by atoms with van der Waals surface area (Å²) in [5.41, 5.74) is 0. The van der Waals surface area contributed by atoms with Gasteiger partial charge in [-0.3, -0.25) is 19.4 Å². The molecule has 2 amide bonds. The van der Waals surface area contributed by atoms with Crippen LogP contribution < -0.4 is 5.32 Å². The summed E-state index contributed by atoms with van der Waals surface area (Å²) in [5.74, 6) is 1.06. The average molecular weight is 332 g/mol. The molecule has 3 saturated heterocycles. The van der Waals surface area contributed by atoms with Crippen molar-refractivity contribution in [3.05, 3.63) is 24.2 Å². The highest BCUT2D eigenvalue weighted by Crippen LogP contribution is 2.22. The average Bonchev–Trinajstić information content (AvgIpc) is 3.12. The molecular formula is C17H24N4O3. The molecule has 0 radical (unpaired) electrons. The molecule has 0 aromatic carbocycles. The number of rotatable bonds is 3. The number of hydrogen-bond acceptors (Lipinski definition) is 5. The summed E-state index contributed by atoms with van der Waals surface area (Å²) in [4.78, 5) is 30.6. The minimum Gasteiger partial charge on any atom is -0.468 e. The van der Waals surface area contributed by atoms with E-state index in [1.807, 2.05) is 12.1 Å². The molecule has 0 spiro atoms. The first kappa shape index (κ1) is 15.7. The lowest BCUT2D eigenvalue weighted by Crippen LogP contribution is -2.67. The summed E-state index contributed by atoms with van der Waals surface area (Å²) in [6, 6.07) is 4.15. The minimum atomic E-state index is -0.304. The zero-order valence-corrected chi connectivity index (χ0v) is 13.8. The van der Waals surface area contributed by atoms with Gasteiger partial charge in [-0.1, -0.05) is 0 Å². The number of amides is 2. The van der Waals surface area contributed by atoms with E-state index in [-0.39, 0.29) is 24.4 Å². The summed E-state index contributed by atoms with van der Waals surface area (Å²) >= 11 is 0. The van der Waals surface area contributed by atoms with E-state index in [9.17, 15) is 9.59 Å². The van der Waals surface area contributed by atoms with Crippen LogP contribution in [0.4, 0.5) is 0 Å². The monoisotopic (exact) mass is 332 g/mol. The maximum absolute atomic E-state index is 12.1. The van der Waals surface area contributed by atoms with Gasteiger partial charge in [0.25, 0.3) is 0 Å². The van der Waals surface area contributed by atoms with Gasteiger partial charge >= 0.3 is 0 Å². The summed E-state index contributed by atoms with van der Waals surface area (Å²) in [7, 11) is 0. The van der Waals surface area contributed by atoms with Crippen molar-refractivity contribution in [2.75, 3.05) is 39.3 Å². The van der Waals surface area contributed by atoms with Crippen molar-refractivity contribution in [3.63, 3.8) is 0 Å². The Bertz CT molecular complexity index is 595. The first-order valence-electron chi connectivity index (χ1n) is 8.76. The lowest BCUT2D eigenvalue weighted by molar-refractivity contribution is -0.150. The summed E-state index contributed by atoms with van der Waals surface area (Å²) < 4.78 is 5.43. The third-order valence-corrected chi connectivity index (χ3v) is 5.48. The van der Waals surface area contributed by atoms with Crippen LogP contribution in [-0.4, -0.2) is 77.9 Å². The predicted octanol–water partition coefficient (Wildman–Crippen LogP) is -0.113. The third kappa shape index (κ3) is 3.06. The van der Waals surface area contributed by atoms with E-state index in [1.165, 1.54) is 0 Å². The Labute approximate surface area is 141 Å². The van der Waals surface area contributed by atoms with Gasteiger partial charge in [-0.2, -0.15) is 0 Å². The minimum absolute atomic E-state index is 0.00504. The molecule has 0 saturated carbocycles. The Balaban J connectivity index is 1.31. The zero-order chi connectivity index (χ0) is 16.5. The van der Waals surface area contributed by atoms with Gasteiger partial charge in [0.1, 0.15) is 11.8 Å². The fourth-order valence-corrected chi connectivity index (χ4v) is 4.11. The summed E-state index contributed by atoms with van der Waals surface area (Å²) in [5, 5.41) is 2.71. The van der Waals surface area contributed by atoms with E-state index in [2.05, 4.69) is 15.1 Å². The molecule has 7 heteroatoms. The Kier molecular flexibility index (Phi) is 4.28. The lowest BCUT2D eigenvalue weighted by Gasteiger charge is -2.47. The van der Waals surface area contributed by atoms with Crippen molar-refractivity contribution >= 4 is 11.8 Å². The van der Waals surface area contributed by atoms with Crippen LogP contribution in [0.15, 0.2) is 22.8 Å². The highest BCUT2D eigenvalue weighted by atomic mass is 16.3. The Hall–Kier alpha value is -1.86. The van der Waals surface area contributed by atoms with Crippen molar-refractivity contribution in [1.82, 2.24) is 20.0 Å². The Morgan fingerprint density at radius 3 is 2.75 bits per heavy atom. The number of furan rings is 1. The number of carbonyl (C=O) groups excluding carboxylic acids is 2. The van der Waals surface area contributed by atoms with Crippen LogP contribution in [0.25, 0.3) is 0 Å². The lowest BCUT2D eigenvalue weighted by atomic mass is 9.99. The number of piperazine rings is 2. The Morgan fingerprint density at radius 2 is 2.00 bits per heavy atom. The van der Waals surface area contributed by atoms with Crippen molar-refractivity contribution in [3.8, 4) is 0 Å². The molecule has 3 aliphatic heterocycles. The van der Waals surface area contributed by atoms with Gasteiger partial charge in [0.15, 0.2) is 0 Å². The van der Waals surface area contributed by atoms with Crippen molar-refractivity contribution < 1.29 is 14.0 Å². The van der Waals surface area contributed by atoms with Crippen LogP contribution in [0.3, 0.4) is 0 Å². The van der Waals surface area contributed by atoms with E-state index in [1.54, 1.807) is 11.2 Å². The van der Waals surface area contributed by atoms with Crippen molar-refractivity contribution in [2.45, 2.75) is 31.5 Å². The maximum atomic E-state index is 12.1. The molecule has 1 atom stereocenters. The number of fused-ring (bicyclic) bond motifs is 1. The van der Waals surface area contributed by atoms with Crippen molar-refractivity contribution in [1.29, 1.82) is 0 Å². The first-order chi connectivity index (χ1) is 11.7. The number of piperidine rings is 1. The third-order valence-electron chi connectivity index (χ3n) is 5.48. The number of hydrogen-bond donors (Lipinski definition) is 1. The van der Waals surface area contributed by atoms with E-state index in [0.717, 1.165) is 44.8 Å². The van der Waals surface area contributed by atoms with Crippen LogP contribution in [0.5, 0.6) is 0 Å². The van der Waals surface area contributed by atoms with Crippen LogP contribution in [0, 0.1) is 0 Å². The van der Waals surface area contributed by atoms with Crippen molar-refractivity contribution in [2.24, 2.45) is 0 Å². The van der Waals surface area contributed by atoms with E-state index < -0.39 is 0 Å². The summed E-state index contributed by atoms with van der Waals surface area (Å²) in [6.07, 6.45) is 3.92. The molecule has 0 bridgehead atoms. The quantitative estimate of drug-likeness (QED) is 0.836. The molecule has 0 aliphatic carbocycles. The number of nitrogens with one attached hydrogen (secondary N) is 1. The van der Waals surface area contributed by atoms with Gasteiger partial charge in [0.05, 0.1) is 19.4 Å². The number of nitrogens with zero attached hydrogens (tertiary/aromatic N) is 3. The first-order valence-corrected chi connectivity index (χ1v) is 8.76. The van der Waals surface area contributed by atoms with Gasteiger partial charge in [-0.25, -0.2) is 0 Å². The highest BCUT2D eigenvalue weighted by molar-refractivity contribution is 5.95. The standard InChI is InChI=1S/C17H24N4O3/c22-16-10-18-17(23)15-12-20(7-8-21(15)16)13-3-5-19(6-4-13)11-14-2-1-9-24-14/h1-2,9,13,15H,3-8,10-12H2,(H,18,23). The van der Waals surface area contributed by atoms with E-state index in [0.29, 0.717) is 19.1 Å². The van der Waals surface area contributed by atoms with E-state index in [4.69, 9.17) is 4.42 Å². The largest absolute Gasteiger partial charge is 0.468 e. The fraction of sp³-hybridized carbons (Fsp3) is 0.647. The molecule has 1 unspecified atom stereocenters. The smallest absolute Gasteiger partial charge is 0.244 e.